The van der Waals surface area contributed by atoms with Gasteiger partial charge in [0.2, 0.25) is 0 Å². The molecule has 2 rings (SSSR count). The molecule has 2 N–H and O–H groups in total. The lowest BCUT2D eigenvalue weighted by atomic mass is 10.1. The van der Waals surface area contributed by atoms with Gasteiger partial charge in [0.05, 0.1) is 19.3 Å². The van der Waals surface area contributed by atoms with Crippen LogP contribution in [0.3, 0.4) is 0 Å². The van der Waals surface area contributed by atoms with Crippen molar-refractivity contribution in [1.82, 2.24) is 15.1 Å². The summed E-state index contributed by atoms with van der Waals surface area (Å²) in [5.74, 6) is 1.30. The van der Waals surface area contributed by atoms with E-state index in [9.17, 15) is 0 Å². The summed E-state index contributed by atoms with van der Waals surface area (Å²) in [6.45, 7) is 4.98. The summed E-state index contributed by atoms with van der Waals surface area (Å²) in [4.78, 5) is 0. The van der Waals surface area contributed by atoms with Crippen LogP contribution >= 0.6 is 11.8 Å². The Balaban J connectivity index is 1.73. The van der Waals surface area contributed by atoms with Gasteiger partial charge in [0.15, 0.2) is 0 Å². The van der Waals surface area contributed by atoms with Crippen molar-refractivity contribution in [2.24, 2.45) is 0 Å². The van der Waals surface area contributed by atoms with Crippen LogP contribution in [0.1, 0.15) is 25.3 Å². The van der Waals surface area contributed by atoms with Crippen molar-refractivity contribution in [2.45, 2.75) is 37.6 Å². The molecule has 0 aromatic carbocycles. The van der Waals surface area contributed by atoms with Gasteiger partial charge in [-0.3, -0.25) is 4.68 Å². The third-order valence-electron chi connectivity index (χ3n) is 3.14. The van der Waals surface area contributed by atoms with Gasteiger partial charge in [-0.1, -0.05) is 0 Å². The molecule has 5 heteroatoms. The predicted molar refractivity (Wildman–Crippen MR) is 71.1 cm³/mol. The molecule has 0 radical (unpaired) electrons. The lowest BCUT2D eigenvalue weighted by Gasteiger charge is -2.22. The number of rotatable bonds is 6. The topological polar surface area (TPSA) is 50.1 Å². The first-order valence-corrected chi connectivity index (χ1v) is 7.17. The molecule has 1 atom stereocenters. The molecule has 1 aliphatic rings. The average Bonchev–Trinajstić information content (AvgIpc) is 2.90. The Kier molecular flexibility index (Phi) is 4.48. The van der Waals surface area contributed by atoms with Gasteiger partial charge in [-0.25, -0.2) is 0 Å². The molecule has 1 saturated heterocycles. The van der Waals surface area contributed by atoms with E-state index in [0.29, 0.717) is 11.3 Å². The Morgan fingerprint density at radius 1 is 1.65 bits per heavy atom. The Labute approximate surface area is 107 Å². The molecule has 0 spiro atoms. The highest BCUT2D eigenvalue weighted by Crippen LogP contribution is 2.36. The van der Waals surface area contributed by atoms with Crippen LogP contribution in [0.4, 0.5) is 0 Å². The van der Waals surface area contributed by atoms with Crippen molar-refractivity contribution in [3.63, 3.8) is 0 Å². The number of nitrogens with zero attached hydrogens (tertiary/aromatic N) is 2. The minimum Gasteiger partial charge on any atom is -0.394 e. The molecule has 1 fully saturated rings. The number of aliphatic hydroxyl groups is 1. The van der Waals surface area contributed by atoms with E-state index in [4.69, 9.17) is 5.11 Å². The maximum absolute atomic E-state index is 8.80. The minimum absolute atomic E-state index is 0.142. The second kappa shape index (κ2) is 5.89. The summed E-state index contributed by atoms with van der Waals surface area (Å²) in [5, 5.41) is 16.5. The standard InChI is InChI=1S/C12H21N3OS/c1-12(3-2-6-17-12)10-13-7-11-8-14-15(9-11)4-5-16/h8-9,13,16H,2-7,10H2,1H3. The van der Waals surface area contributed by atoms with Gasteiger partial charge >= 0.3 is 0 Å². The smallest absolute Gasteiger partial charge is 0.0640 e. The fourth-order valence-corrected chi connectivity index (χ4v) is 3.44. The summed E-state index contributed by atoms with van der Waals surface area (Å²) in [6, 6.07) is 0. The van der Waals surface area contributed by atoms with Crippen molar-refractivity contribution < 1.29 is 5.11 Å². The number of hydrogen-bond donors (Lipinski definition) is 2. The van der Waals surface area contributed by atoms with Crippen LogP contribution in [0.2, 0.25) is 0 Å². The van der Waals surface area contributed by atoms with E-state index in [0.717, 1.165) is 13.1 Å². The summed E-state index contributed by atoms with van der Waals surface area (Å²) < 4.78 is 2.20. The van der Waals surface area contributed by atoms with Gasteiger partial charge in [0.25, 0.3) is 0 Å². The van der Waals surface area contributed by atoms with E-state index in [-0.39, 0.29) is 6.61 Å². The van der Waals surface area contributed by atoms with Crippen LogP contribution in [-0.2, 0) is 13.1 Å². The molecule has 1 aromatic rings. The quantitative estimate of drug-likeness (QED) is 0.803. The lowest BCUT2D eigenvalue weighted by Crippen LogP contribution is -2.32. The SMILES string of the molecule is CC1(CNCc2cnn(CCO)c2)CCCS1. The zero-order valence-electron chi connectivity index (χ0n) is 10.4. The van der Waals surface area contributed by atoms with Gasteiger partial charge in [0.1, 0.15) is 0 Å². The van der Waals surface area contributed by atoms with Crippen LogP contribution in [0.5, 0.6) is 0 Å². The summed E-state index contributed by atoms with van der Waals surface area (Å²) >= 11 is 2.08. The Morgan fingerprint density at radius 3 is 3.24 bits per heavy atom. The average molecular weight is 255 g/mol. The molecule has 1 unspecified atom stereocenters. The third-order valence-corrected chi connectivity index (χ3v) is 4.68. The van der Waals surface area contributed by atoms with Crippen LogP contribution in [0.15, 0.2) is 12.4 Å². The molecular formula is C12H21N3OS. The summed E-state index contributed by atoms with van der Waals surface area (Å²) in [7, 11) is 0. The van der Waals surface area contributed by atoms with Crippen LogP contribution < -0.4 is 5.32 Å². The van der Waals surface area contributed by atoms with Crippen molar-refractivity contribution in [3.05, 3.63) is 18.0 Å². The largest absolute Gasteiger partial charge is 0.394 e. The Hall–Kier alpha value is -0.520. The third kappa shape index (κ3) is 3.72. The molecule has 2 heterocycles. The van der Waals surface area contributed by atoms with Crippen LogP contribution in [0.25, 0.3) is 0 Å². The van der Waals surface area contributed by atoms with Crippen LogP contribution in [0, 0.1) is 0 Å². The van der Waals surface area contributed by atoms with Gasteiger partial charge in [-0.15, -0.1) is 0 Å². The van der Waals surface area contributed by atoms with Crippen molar-refractivity contribution >= 4 is 11.8 Å². The number of aliphatic hydroxyl groups excluding tert-OH is 1. The van der Waals surface area contributed by atoms with E-state index in [1.54, 1.807) is 4.68 Å². The summed E-state index contributed by atoms with van der Waals surface area (Å²) in [6.07, 6.45) is 6.52. The van der Waals surface area contributed by atoms with Crippen molar-refractivity contribution in [3.8, 4) is 0 Å². The second-order valence-electron chi connectivity index (χ2n) is 4.84. The number of thioether (sulfide) groups is 1. The highest BCUT2D eigenvalue weighted by atomic mass is 32.2. The van der Waals surface area contributed by atoms with Crippen molar-refractivity contribution in [1.29, 1.82) is 0 Å². The van der Waals surface area contributed by atoms with E-state index in [2.05, 4.69) is 29.1 Å². The molecule has 0 aliphatic carbocycles. The maximum Gasteiger partial charge on any atom is 0.0640 e. The zero-order valence-corrected chi connectivity index (χ0v) is 11.2. The maximum atomic E-state index is 8.80. The first-order valence-electron chi connectivity index (χ1n) is 6.19. The van der Waals surface area contributed by atoms with Gasteiger partial charge in [0, 0.05) is 29.6 Å². The number of hydrogen-bond acceptors (Lipinski definition) is 4. The molecular weight excluding hydrogens is 234 g/mol. The molecule has 0 bridgehead atoms. The predicted octanol–water partition coefficient (Wildman–Crippen LogP) is 1.25. The zero-order chi connectivity index (χ0) is 12.1. The molecule has 0 saturated carbocycles. The highest BCUT2D eigenvalue weighted by molar-refractivity contribution is 8.00. The summed E-state index contributed by atoms with van der Waals surface area (Å²) in [5.41, 5.74) is 1.19. The van der Waals surface area contributed by atoms with E-state index >= 15 is 0 Å². The minimum atomic E-state index is 0.142. The number of aromatic nitrogens is 2. The second-order valence-corrected chi connectivity index (χ2v) is 6.52. The van der Waals surface area contributed by atoms with Gasteiger partial charge in [-0.05, 0) is 25.5 Å². The first kappa shape index (κ1) is 12.9. The van der Waals surface area contributed by atoms with E-state index in [1.165, 1.54) is 24.2 Å². The molecule has 4 nitrogen and oxygen atoms in total. The normalized spacial score (nSPS) is 24.4. The monoisotopic (exact) mass is 255 g/mol. The molecule has 17 heavy (non-hydrogen) atoms. The highest BCUT2D eigenvalue weighted by Gasteiger charge is 2.28. The van der Waals surface area contributed by atoms with Gasteiger partial charge < -0.3 is 10.4 Å². The van der Waals surface area contributed by atoms with E-state index in [1.807, 2.05) is 12.4 Å². The molecule has 1 aromatic heterocycles. The van der Waals surface area contributed by atoms with Crippen molar-refractivity contribution in [2.75, 3.05) is 18.9 Å². The van der Waals surface area contributed by atoms with Gasteiger partial charge in [-0.2, -0.15) is 16.9 Å². The van der Waals surface area contributed by atoms with E-state index < -0.39 is 0 Å². The molecule has 96 valence electrons. The molecule has 0 amide bonds. The fourth-order valence-electron chi connectivity index (χ4n) is 2.17. The number of nitrogens with one attached hydrogen (secondary N) is 1. The Morgan fingerprint density at radius 2 is 2.53 bits per heavy atom. The van der Waals surface area contributed by atoms with Crippen LogP contribution in [-0.4, -0.2) is 38.5 Å². The lowest BCUT2D eigenvalue weighted by molar-refractivity contribution is 0.269. The Bertz CT molecular complexity index is 347. The fraction of sp³-hybridized carbons (Fsp3) is 0.750. The molecule has 1 aliphatic heterocycles. The first-order chi connectivity index (χ1) is 8.22.